The molecule has 18 heavy (non-hydrogen) atoms. The van der Waals surface area contributed by atoms with E-state index in [1.165, 1.54) is 0 Å². The molecule has 0 amide bonds. The average Bonchev–Trinajstić information content (AvgIpc) is 2.36. The van der Waals surface area contributed by atoms with Crippen LogP contribution in [0.2, 0.25) is 5.02 Å². The van der Waals surface area contributed by atoms with Gasteiger partial charge in [-0.1, -0.05) is 17.7 Å². The summed E-state index contributed by atoms with van der Waals surface area (Å²) in [4.78, 5) is 8.47. The Morgan fingerprint density at radius 1 is 1.28 bits per heavy atom. The van der Waals surface area contributed by atoms with Crippen molar-refractivity contribution >= 4 is 11.6 Å². The lowest BCUT2D eigenvalue weighted by Crippen LogP contribution is -1.98. The summed E-state index contributed by atoms with van der Waals surface area (Å²) in [6.45, 7) is 4.23. The van der Waals surface area contributed by atoms with Gasteiger partial charge in [-0.15, -0.1) is 0 Å². The molecule has 1 aromatic carbocycles. The van der Waals surface area contributed by atoms with E-state index in [0.717, 1.165) is 17.0 Å². The monoisotopic (exact) mass is 263 g/mol. The zero-order chi connectivity index (χ0) is 13.1. The second-order valence-corrected chi connectivity index (χ2v) is 4.36. The maximum Gasteiger partial charge on any atom is 0.238 e. The fourth-order valence-corrected chi connectivity index (χ4v) is 1.68. The van der Waals surface area contributed by atoms with Crippen LogP contribution in [-0.4, -0.2) is 9.97 Å². The molecule has 94 valence electrons. The molecule has 0 saturated heterocycles. The van der Waals surface area contributed by atoms with Crippen molar-refractivity contribution in [2.75, 3.05) is 0 Å². The predicted molar refractivity (Wildman–Crippen MR) is 70.9 cm³/mol. The summed E-state index contributed by atoms with van der Waals surface area (Å²) in [6, 6.07) is 5.43. The van der Waals surface area contributed by atoms with Gasteiger partial charge in [0.1, 0.15) is 5.75 Å². The molecule has 2 N–H and O–H groups in total. The Kier molecular flexibility index (Phi) is 3.79. The highest BCUT2D eigenvalue weighted by Crippen LogP contribution is 2.29. The molecular weight excluding hydrogens is 250 g/mol. The lowest BCUT2D eigenvalue weighted by atomic mass is 10.2. The Hall–Kier alpha value is -1.65. The summed E-state index contributed by atoms with van der Waals surface area (Å²) < 4.78 is 5.60. The molecule has 0 aliphatic rings. The molecular formula is C13H14ClN3O. The molecule has 0 spiro atoms. The van der Waals surface area contributed by atoms with Crippen molar-refractivity contribution in [2.24, 2.45) is 5.73 Å². The quantitative estimate of drug-likeness (QED) is 0.925. The maximum absolute atomic E-state index is 6.10. The van der Waals surface area contributed by atoms with Crippen LogP contribution in [0.4, 0.5) is 0 Å². The van der Waals surface area contributed by atoms with Crippen molar-refractivity contribution in [1.29, 1.82) is 0 Å². The van der Waals surface area contributed by atoms with E-state index in [4.69, 9.17) is 22.1 Å². The van der Waals surface area contributed by atoms with Crippen LogP contribution >= 0.6 is 11.6 Å². The summed E-state index contributed by atoms with van der Waals surface area (Å²) in [5.41, 5.74) is 8.21. The van der Waals surface area contributed by atoms with Crippen LogP contribution in [-0.2, 0) is 6.54 Å². The Balaban J connectivity index is 2.25. The van der Waals surface area contributed by atoms with Crippen molar-refractivity contribution in [3.8, 4) is 11.6 Å². The van der Waals surface area contributed by atoms with Crippen LogP contribution < -0.4 is 10.5 Å². The number of aryl methyl sites for hydroxylation is 2. The Morgan fingerprint density at radius 3 is 2.67 bits per heavy atom. The zero-order valence-electron chi connectivity index (χ0n) is 10.3. The SMILES string of the molecule is Cc1ncc(Oc2ccc(CN)cc2Cl)nc1C. The number of rotatable bonds is 3. The van der Waals surface area contributed by atoms with E-state index in [-0.39, 0.29) is 0 Å². The summed E-state index contributed by atoms with van der Waals surface area (Å²) >= 11 is 6.10. The topological polar surface area (TPSA) is 61.0 Å². The highest BCUT2D eigenvalue weighted by Gasteiger charge is 2.06. The van der Waals surface area contributed by atoms with Gasteiger partial charge in [0.2, 0.25) is 5.88 Å². The second-order valence-electron chi connectivity index (χ2n) is 3.95. The third-order valence-electron chi connectivity index (χ3n) is 2.62. The molecule has 0 atom stereocenters. The molecule has 0 aliphatic carbocycles. The minimum atomic E-state index is 0.431. The molecule has 1 aromatic heterocycles. The molecule has 2 aromatic rings. The predicted octanol–water partition coefficient (Wildman–Crippen LogP) is 3.00. The number of ether oxygens (including phenoxy) is 1. The fraction of sp³-hybridized carbons (Fsp3) is 0.231. The van der Waals surface area contributed by atoms with E-state index in [9.17, 15) is 0 Å². The summed E-state index contributed by atoms with van der Waals surface area (Å²) in [5, 5.41) is 0.512. The molecule has 0 unspecified atom stereocenters. The van der Waals surface area contributed by atoms with E-state index in [0.29, 0.717) is 23.2 Å². The smallest absolute Gasteiger partial charge is 0.238 e. The van der Waals surface area contributed by atoms with E-state index in [1.54, 1.807) is 18.3 Å². The van der Waals surface area contributed by atoms with Gasteiger partial charge < -0.3 is 10.5 Å². The van der Waals surface area contributed by atoms with Gasteiger partial charge in [0.05, 0.1) is 22.6 Å². The van der Waals surface area contributed by atoms with Crippen LogP contribution in [0.1, 0.15) is 17.0 Å². The van der Waals surface area contributed by atoms with Crippen LogP contribution in [0.25, 0.3) is 0 Å². The zero-order valence-corrected chi connectivity index (χ0v) is 11.0. The van der Waals surface area contributed by atoms with E-state index in [1.807, 2.05) is 19.9 Å². The van der Waals surface area contributed by atoms with Gasteiger partial charge >= 0.3 is 0 Å². The van der Waals surface area contributed by atoms with Crippen LogP contribution in [0.3, 0.4) is 0 Å². The van der Waals surface area contributed by atoms with Crippen LogP contribution in [0, 0.1) is 13.8 Å². The number of hydrogen-bond donors (Lipinski definition) is 1. The van der Waals surface area contributed by atoms with Crippen molar-refractivity contribution < 1.29 is 4.74 Å². The van der Waals surface area contributed by atoms with Gasteiger partial charge in [-0.3, -0.25) is 4.98 Å². The van der Waals surface area contributed by atoms with Crippen molar-refractivity contribution in [3.05, 3.63) is 46.4 Å². The minimum absolute atomic E-state index is 0.431. The summed E-state index contributed by atoms with van der Waals surface area (Å²) in [5.74, 6) is 0.979. The minimum Gasteiger partial charge on any atom is -0.436 e. The van der Waals surface area contributed by atoms with Crippen LogP contribution in [0.5, 0.6) is 11.6 Å². The van der Waals surface area contributed by atoms with E-state index < -0.39 is 0 Å². The molecule has 4 nitrogen and oxygen atoms in total. The van der Waals surface area contributed by atoms with Crippen molar-refractivity contribution in [1.82, 2.24) is 9.97 Å². The number of aromatic nitrogens is 2. The number of halogens is 1. The Bertz CT molecular complexity index is 572. The first-order valence-electron chi connectivity index (χ1n) is 5.56. The van der Waals surface area contributed by atoms with Gasteiger partial charge in [0.25, 0.3) is 0 Å². The van der Waals surface area contributed by atoms with Crippen LogP contribution in [0.15, 0.2) is 24.4 Å². The molecule has 1 heterocycles. The maximum atomic E-state index is 6.10. The molecule has 0 aliphatic heterocycles. The Labute approximate surface area is 111 Å². The van der Waals surface area contributed by atoms with Gasteiger partial charge in [-0.05, 0) is 31.5 Å². The fourth-order valence-electron chi connectivity index (χ4n) is 1.44. The Morgan fingerprint density at radius 2 is 2.06 bits per heavy atom. The first-order chi connectivity index (χ1) is 8.60. The molecule has 0 saturated carbocycles. The van der Waals surface area contributed by atoms with E-state index >= 15 is 0 Å². The summed E-state index contributed by atoms with van der Waals surface area (Å²) in [7, 11) is 0. The third-order valence-corrected chi connectivity index (χ3v) is 2.91. The van der Waals surface area contributed by atoms with Gasteiger partial charge in [0, 0.05) is 6.54 Å². The number of hydrogen-bond acceptors (Lipinski definition) is 4. The lowest BCUT2D eigenvalue weighted by molar-refractivity contribution is 0.458. The van der Waals surface area contributed by atoms with Crippen molar-refractivity contribution in [3.63, 3.8) is 0 Å². The second kappa shape index (κ2) is 5.33. The number of nitrogens with zero attached hydrogens (tertiary/aromatic N) is 2. The van der Waals surface area contributed by atoms with E-state index in [2.05, 4.69) is 9.97 Å². The highest BCUT2D eigenvalue weighted by molar-refractivity contribution is 6.32. The van der Waals surface area contributed by atoms with Gasteiger partial charge in [0.15, 0.2) is 0 Å². The molecule has 5 heteroatoms. The largest absolute Gasteiger partial charge is 0.436 e. The van der Waals surface area contributed by atoms with Gasteiger partial charge in [-0.2, -0.15) is 0 Å². The first-order valence-corrected chi connectivity index (χ1v) is 5.94. The standard InChI is InChI=1S/C13H14ClN3O/c1-8-9(2)17-13(7-16-8)18-12-4-3-10(6-15)5-11(12)14/h3-5,7H,6,15H2,1-2H3. The van der Waals surface area contributed by atoms with Gasteiger partial charge in [-0.25, -0.2) is 4.98 Å². The number of nitrogens with two attached hydrogens (primary N) is 1. The molecule has 2 rings (SSSR count). The molecule has 0 radical (unpaired) electrons. The average molecular weight is 264 g/mol. The molecule has 0 fully saturated rings. The normalized spacial score (nSPS) is 10.4. The third kappa shape index (κ3) is 2.78. The molecule has 0 bridgehead atoms. The van der Waals surface area contributed by atoms with Crippen molar-refractivity contribution in [2.45, 2.75) is 20.4 Å². The highest BCUT2D eigenvalue weighted by atomic mass is 35.5. The summed E-state index contributed by atoms with van der Waals surface area (Å²) in [6.07, 6.45) is 1.58. The lowest BCUT2D eigenvalue weighted by Gasteiger charge is -2.08. The first kappa shape index (κ1) is 12.8. The number of benzene rings is 1.